The summed E-state index contributed by atoms with van der Waals surface area (Å²) in [7, 11) is 0. The molecule has 0 atom stereocenters. The fourth-order valence-electron chi connectivity index (χ4n) is 4.10. The number of allylic oxidation sites excluding steroid dienone is 5. The Kier molecular flexibility index (Phi) is 8.93. The fraction of sp³-hybridized carbons (Fsp3) is 0.300. The second-order valence-electron chi connectivity index (χ2n) is 10.5. The van der Waals surface area contributed by atoms with Gasteiger partial charge in [-0.05, 0) is 70.0 Å². The molecule has 2 N–H and O–H groups in total. The number of hydrogen-bond donors (Lipinski definition) is 2. The number of aryl methyl sites for hydroxylation is 1. The third-order valence-corrected chi connectivity index (χ3v) is 6.01. The van der Waals surface area contributed by atoms with Crippen molar-refractivity contribution in [3.05, 3.63) is 94.8 Å². The summed E-state index contributed by atoms with van der Waals surface area (Å²) in [6.07, 6.45) is 5.16. The number of amides is 2. The molecule has 1 aliphatic heterocycles. The van der Waals surface area contributed by atoms with E-state index in [4.69, 9.17) is 9.47 Å². The van der Waals surface area contributed by atoms with Gasteiger partial charge in [-0.1, -0.05) is 18.2 Å². The van der Waals surface area contributed by atoms with Gasteiger partial charge in [-0.15, -0.1) is 0 Å². The van der Waals surface area contributed by atoms with Gasteiger partial charge in [0, 0.05) is 47.3 Å². The first kappa shape index (κ1) is 30.2. The lowest BCUT2D eigenvalue weighted by atomic mass is 10.0. The maximum absolute atomic E-state index is 13.1. The van der Waals surface area contributed by atoms with E-state index >= 15 is 0 Å². The van der Waals surface area contributed by atoms with Gasteiger partial charge in [0.05, 0.1) is 5.56 Å². The van der Waals surface area contributed by atoms with E-state index in [0.29, 0.717) is 29.0 Å². The molecule has 12 heteroatoms. The number of carbonyl (C=O) groups excluding carboxylic acids is 2. The number of carbonyl (C=O) groups is 2. The zero-order valence-corrected chi connectivity index (χ0v) is 23.5. The quantitative estimate of drug-likeness (QED) is 0.415. The van der Waals surface area contributed by atoms with Crippen LogP contribution in [-0.2, 0) is 22.1 Å². The Bertz CT molecular complexity index is 1530. The molecule has 1 aromatic carbocycles. The summed E-state index contributed by atoms with van der Waals surface area (Å²) in [5.41, 5.74) is 1.36. The highest BCUT2D eigenvalue weighted by Gasteiger charge is 2.30. The van der Waals surface area contributed by atoms with Gasteiger partial charge in [0.15, 0.2) is 0 Å². The molecule has 0 saturated carbocycles. The van der Waals surface area contributed by atoms with E-state index in [0.717, 1.165) is 12.1 Å². The Labute approximate surface area is 240 Å². The van der Waals surface area contributed by atoms with Crippen molar-refractivity contribution in [3.8, 4) is 5.88 Å². The number of fused-ring (bicyclic) bond motifs is 2. The van der Waals surface area contributed by atoms with Crippen LogP contribution in [0.1, 0.15) is 44.0 Å². The van der Waals surface area contributed by atoms with Crippen molar-refractivity contribution in [1.29, 1.82) is 0 Å². The minimum Gasteiger partial charge on any atom is -0.444 e. The number of benzene rings is 1. The predicted molar refractivity (Wildman–Crippen MR) is 151 cm³/mol. The average molecular weight is 582 g/mol. The number of ether oxygens (including phenoxy) is 2. The molecule has 0 unspecified atom stereocenters. The lowest BCUT2D eigenvalue weighted by molar-refractivity contribution is -0.137. The molecule has 2 bridgehead atoms. The van der Waals surface area contributed by atoms with Crippen LogP contribution in [0.4, 0.5) is 23.7 Å². The van der Waals surface area contributed by atoms with Crippen LogP contribution in [-0.4, -0.2) is 39.8 Å². The Morgan fingerprint density at radius 3 is 2.60 bits per heavy atom. The summed E-state index contributed by atoms with van der Waals surface area (Å²) in [4.78, 5) is 38.2. The summed E-state index contributed by atoms with van der Waals surface area (Å²) in [6.45, 7) is 7.39. The Morgan fingerprint density at radius 2 is 1.86 bits per heavy atom. The maximum atomic E-state index is 13.1. The number of alkyl halides is 3. The number of anilines is 1. The van der Waals surface area contributed by atoms with Gasteiger partial charge in [-0.2, -0.15) is 13.2 Å². The fourth-order valence-corrected chi connectivity index (χ4v) is 4.10. The summed E-state index contributed by atoms with van der Waals surface area (Å²) in [5, 5.41) is 5.25. The van der Waals surface area contributed by atoms with E-state index in [-0.39, 0.29) is 36.0 Å². The Morgan fingerprint density at radius 1 is 1.07 bits per heavy atom. The van der Waals surface area contributed by atoms with E-state index in [9.17, 15) is 22.8 Å². The van der Waals surface area contributed by atoms with Crippen molar-refractivity contribution in [2.75, 3.05) is 11.9 Å². The van der Waals surface area contributed by atoms with Crippen LogP contribution in [0.15, 0.2) is 83.0 Å². The lowest BCUT2D eigenvalue weighted by Gasteiger charge is -2.19. The van der Waals surface area contributed by atoms with Crippen LogP contribution in [0.2, 0.25) is 0 Å². The van der Waals surface area contributed by atoms with Crippen molar-refractivity contribution >= 4 is 23.4 Å². The van der Waals surface area contributed by atoms with Gasteiger partial charge in [-0.25, -0.2) is 19.8 Å². The van der Waals surface area contributed by atoms with Gasteiger partial charge in [0.25, 0.3) is 5.91 Å². The summed E-state index contributed by atoms with van der Waals surface area (Å²) in [6, 6.07) is 4.45. The first-order valence-electron chi connectivity index (χ1n) is 13.1. The standard InChI is InChI=1S/C30H30F3N5O4/c1-18-23(13-14-34-28(40)42-29(2,3)4)27(36-17-35-18)41-25-12-11-19-15-21(37-25)9-6-10-24(19)26(39)38-22-8-5-7-20(16-22)30(31,32)33/h5-12,16-17H,13-15H2,1-4H3,(H,34,40)(H,38,39). The summed E-state index contributed by atoms with van der Waals surface area (Å²) >= 11 is 0. The summed E-state index contributed by atoms with van der Waals surface area (Å²) in [5.74, 6) is -0.0853. The highest BCUT2D eigenvalue weighted by atomic mass is 19.4. The van der Waals surface area contributed by atoms with Crippen LogP contribution >= 0.6 is 0 Å². The second-order valence-corrected chi connectivity index (χ2v) is 10.5. The summed E-state index contributed by atoms with van der Waals surface area (Å²) < 4.78 is 50.6. The SMILES string of the molecule is Cc1ncnc(OC2=CC=C3CC(=N2)C=CC=C3C(=O)Nc2cccc(C(F)(F)F)c2)c1CCNC(=O)OC(C)(C)C. The van der Waals surface area contributed by atoms with E-state index in [2.05, 4.69) is 25.6 Å². The van der Waals surface area contributed by atoms with E-state index in [1.807, 2.05) is 0 Å². The first-order valence-corrected chi connectivity index (χ1v) is 13.1. The molecule has 1 aromatic heterocycles. The van der Waals surface area contributed by atoms with Gasteiger partial charge in [0.1, 0.15) is 11.9 Å². The number of nitrogens with zero attached hydrogens (tertiary/aromatic N) is 3. The third kappa shape index (κ3) is 8.15. The van der Waals surface area contributed by atoms with E-state index in [1.165, 1.54) is 18.5 Å². The normalized spacial score (nSPS) is 14.8. The number of rotatable bonds is 7. The van der Waals surface area contributed by atoms with Crippen molar-refractivity contribution in [1.82, 2.24) is 15.3 Å². The Hall–Kier alpha value is -4.74. The number of alkyl carbamates (subject to hydrolysis) is 1. The van der Waals surface area contributed by atoms with E-state index in [1.54, 1.807) is 58.1 Å². The molecule has 2 aliphatic rings. The smallest absolute Gasteiger partial charge is 0.416 e. The minimum atomic E-state index is -4.53. The molecule has 2 heterocycles. The van der Waals surface area contributed by atoms with Crippen LogP contribution < -0.4 is 15.4 Å². The molecule has 2 amide bonds. The molecule has 4 rings (SSSR count). The zero-order valence-electron chi connectivity index (χ0n) is 23.5. The van der Waals surface area contributed by atoms with Crippen LogP contribution in [0.25, 0.3) is 0 Å². The van der Waals surface area contributed by atoms with Crippen LogP contribution in [0.3, 0.4) is 0 Å². The molecule has 0 spiro atoms. The number of aliphatic imine (C=N–C) groups is 1. The predicted octanol–water partition coefficient (Wildman–Crippen LogP) is 6.00. The molecule has 220 valence electrons. The number of aromatic nitrogens is 2. The molecule has 42 heavy (non-hydrogen) atoms. The molecule has 0 saturated heterocycles. The van der Waals surface area contributed by atoms with Crippen molar-refractivity contribution in [3.63, 3.8) is 0 Å². The Balaban J connectivity index is 1.50. The molecule has 9 nitrogen and oxygen atoms in total. The highest BCUT2D eigenvalue weighted by molar-refractivity contribution is 6.10. The minimum absolute atomic E-state index is 0.0273. The first-order chi connectivity index (χ1) is 19.8. The van der Waals surface area contributed by atoms with Gasteiger partial charge >= 0.3 is 12.3 Å². The van der Waals surface area contributed by atoms with Gasteiger partial charge in [0.2, 0.25) is 11.8 Å². The second kappa shape index (κ2) is 12.4. The lowest BCUT2D eigenvalue weighted by Crippen LogP contribution is -2.33. The topological polar surface area (TPSA) is 115 Å². The molecule has 0 radical (unpaired) electrons. The van der Waals surface area contributed by atoms with Gasteiger partial charge < -0.3 is 20.1 Å². The number of nitrogens with one attached hydrogen (secondary N) is 2. The monoisotopic (exact) mass is 581 g/mol. The third-order valence-electron chi connectivity index (χ3n) is 6.01. The maximum Gasteiger partial charge on any atom is 0.416 e. The number of hydrogen-bond acceptors (Lipinski definition) is 7. The van der Waals surface area contributed by atoms with Crippen LogP contribution in [0.5, 0.6) is 5.88 Å². The molecule has 0 fully saturated rings. The molecular formula is C30H30F3N5O4. The molecule has 1 aliphatic carbocycles. The molecule has 2 aromatic rings. The highest BCUT2D eigenvalue weighted by Crippen LogP contribution is 2.31. The van der Waals surface area contributed by atoms with Crippen molar-refractivity contribution in [2.24, 2.45) is 4.99 Å². The van der Waals surface area contributed by atoms with Crippen LogP contribution in [0, 0.1) is 6.92 Å². The zero-order chi connectivity index (χ0) is 30.5. The average Bonchev–Trinajstić information content (AvgIpc) is 3.22. The largest absolute Gasteiger partial charge is 0.444 e. The van der Waals surface area contributed by atoms with E-state index < -0.39 is 29.3 Å². The molecular weight excluding hydrogens is 551 g/mol. The van der Waals surface area contributed by atoms with Crippen molar-refractivity contribution in [2.45, 2.75) is 52.3 Å². The van der Waals surface area contributed by atoms with Gasteiger partial charge in [-0.3, -0.25) is 4.79 Å². The van der Waals surface area contributed by atoms with Crippen molar-refractivity contribution < 1.29 is 32.2 Å². The number of halogens is 3.